The van der Waals surface area contributed by atoms with Gasteiger partial charge in [0, 0.05) is 77.1 Å². The topological polar surface area (TPSA) is 51.7 Å². The first-order valence-electron chi connectivity index (χ1n) is 10.3. The molecule has 0 bridgehead atoms. The van der Waals surface area contributed by atoms with E-state index in [-0.39, 0.29) is 0 Å². The van der Waals surface area contributed by atoms with Crippen LogP contribution in [-0.4, -0.2) is 118 Å². The molecule has 0 spiro atoms. The summed E-state index contributed by atoms with van der Waals surface area (Å²) in [5.74, 6) is 1.60. The minimum Gasteiger partial charge on any atom is -0.497 e. The van der Waals surface area contributed by atoms with Crippen molar-refractivity contribution in [1.82, 2.24) is 19.6 Å². The Morgan fingerprint density at radius 3 is 2.14 bits per heavy atom. The molecule has 0 radical (unpaired) electrons. The molecule has 2 fully saturated rings. The first-order chi connectivity index (χ1) is 13.5. The normalized spacial score (nSPS) is 21.6. The fourth-order valence-corrected chi connectivity index (χ4v) is 3.74. The van der Waals surface area contributed by atoms with E-state index in [4.69, 9.17) is 9.47 Å². The number of nitrogens with zero attached hydrogens (tertiary/aromatic N) is 4. The molecule has 2 aliphatic heterocycles. The third-order valence-corrected chi connectivity index (χ3v) is 5.76. The van der Waals surface area contributed by atoms with Crippen molar-refractivity contribution in [3.63, 3.8) is 0 Å². The highest BCUT2D eigenvalue weighted by Crippen LogP contribution is 2.26. The van der Waals surface area contributed by atoms with Gasteiger partial charge in [0.2, 0.25) is 0 Å². The van der Waals surface area contributed by atoms with E-state index in [9.17, 15) is 5.11 Å². The average Bonchev–Trinajstić information content (AvgIpc) is 2.70. The number of aliphatic hydroxyl groups is 1. The predicted octanol–water partition coefficient (Wildman–Crippen LogP) is 0.430. The summed E-state index contributed by atoms with van der Waals surface area (Å²) in [6, 6.07) is 6.01. The summed E-state index contributed by atoms with van der Waals surface area (Å²) in [5.41, 5.74) is 1.15. The van der Waals surface area contributed by atoms with E-state index in [0.717, 1.165) is 76.0 Å². The molecule has 1 aromatic rings. The van der Waals surface area contributed by atoms with Gasteiger partial charge < -0.3 is 24.4 Å². The average molecular weight is 393 g/mol. The molecule has 1 N–H and O–H groups in total. The Bertz CT molecular complexity index is 599. The number of aliphatic hydroxyl groups excluding tert-OH is 1. The molecule has 0 aromatic heterocycles. The molecule has 7 nitrogen and oxygen atoms in total. The van der Waals surface area contributed by atoms with Crippen LogP contribution in [0.2, 0.25) is 0 Å². The molecular weight excluding hydrogens is 356 g/mol. The van der Waals surface area contributed by atoms with Crippen LogP contribution in [0.4, 0.5) is 0 Å². The van der Waals surface area contributed by atoms with E-state index in [1.165, 1.54) is 0 Å². The van der Waals surface area contributed by atoms with Crippen molar-refractivity contribution in [1.29, 1.82) is 0 Å². The summed E-state index contributed by atoms with van der Waals surface area (Å²) < 4.78 is 11.4. The lowest BCUT2D eigenvalue weighted by Crippen LogP contribution is -2.47. The van der Waals surface area contributed by atoms with E-state index in [1.54, 1.807) is 7.11 Å². The minimum absolute atomic E-state index is 0.301. The van der Waals surface area contributed by atoms with Crippen molar-refractivity contribution < 1.29 is 14.6 Å². The number of rotatable bonds is 8. The molecule has 158 valence electrons. The van der Waals surface area contributed by atoms with Gasteiger partial charge in [-0.05, 0) is 20.2 Å². The van der Waals surface area contributed by atoms with Gasteiger partial charge in [0.15, 0.2) is 0 Å². The lowest BCUT2D eigenvalue weighted by molar-refractivity contribution is 0.0498. The van der Waals surface area contributed by atoms with Gasteiger partial charge in [-0.3, -0.25) is 9.80 Å². The van der Waals surface area contributed by atoms with Crippen LogP contribution in [0.15, 0.2) is 18.2 Å². The molecule has 1 aromatic carbocycles. The zero-order valence-electron chi connectivity index (χ0n) is 17.6. The smallest absolute Gasteiger partial charge is 0.127 e. The van der Waals surface area contributed by atoms with Crippen LogP contribution >= 0.6 is 0 Å². The third-order valence-electron chi connectivity index (χ3n) is 5.76. The highest BCUT2D eigenvalue weighted by Gasteiger charge is 2.19. The Morgan fingerprint density at radius 1 is 0.929 bits per heavy atom. The Balaban J connectivity index is 1.55. The summed E-state index contributed by atoms with van der Waals surface area (Å²) in [6.45, 7) is 10.2. The third kappa shape index (κ3) is 6.32. The number of ether oxygens (including phenoxy) is 2. The zero-order valence-corrected chi connectivity index (χ0v) is 17.6. The van der Waals surface area contributed by atoms with Crippen LogP contribution < -0.4 is 9.47 Å². The van der Waals surface area contributed by atoms with Gasteiger partial charge in [0.05, 0.1) is 7.11 Å². The van der Waals surface area contributed by atoms with Gasteiger partial charge in [0.1, 0.15) is 24.2 Å². The fourth-order valence-electron chi connectivity index (χ4n) is 3.74. The van der Waals surface area contributed by atoms with E-state index < -0.39 is 6.10 Å². The molecule has 7 heteroatoms. The van der Waals surface area contributed by atoms with Crippen LogP contribution in [0, 0.1) is 0 Å². The summed E-state index contributed by atoms with van der Waals surface area (Å²) in [7, 11) is 5.98. The molecule has 1 unspecified atom stereocenters. The Labute approximate surface area is 169 Å². The molecule has 3 rings (SSSR count). The maximum atomic E-state index is 10.5. The van der Waals surface area contributed by atoms with Crippen LogP contribution in [0.3, 0.4) is 0 Å². The van der Waals surface area contributed by atoms with Crippen LogP contribution in [-0.2, 0) is 6.54 Å². The first kappa shape index (κ1) is 21.3. The van der Waals surface area contributed by atoms with Gasteiger partial charge >= 0.3 is 0 Å². The Hall–Kier alpha value is -1.38. The maximum Gasteiger partial charge on any atom is 0.127 e. The maximum absolute atomic E-state index is 10.5. The number of β-amino-alcohol motifs (C(OH)–C–C–N with tert-alkyl or cyclic N) is 1. The van der Waals surface area contributed by atoms with E-state index in [0.29, 0.717) is 13.2 Å². The summed E-state index contributed by atoms with van der Waals surface area (Å²) in [6.07, 6.45) is -0.494. The molecule has 2 heterocycles. The van der Waals surface area contributed by atoms with Crippen molar-refractivity contribution in [2.75, 3.05) is 86.7 Å². The summed E-state index contributed by atoms with van der Waals surface area (Å²) in [4.78, 5) is 9.44. The van der Waals surface area contributed by atoms with Gasteiger partial charge in [-0.2, -0.15) is 0 Å². The van der Waals surface area contributed by atoms with Crippen molar-refractivity contribution in [2.24, 2.45) is 0 Å². The first-order valence-corrected chi connectivity index (χ1v) is 10.3. The second kappa shape index (κ2) is 10.4. The monoisotopic (exact) mass is 392 g/mol. The van der Waals surface area contributed by atoms with Crippen molar-refractivity contribution in [3.8, 4) is 11.5 Å². The van der Waals surface area contributed by atoms with E-state index in [2.05, 4.69) is 39.8 Å². The minimum atomic E-state index is -0.494. The Morgan fingerprint density at radius 2 is 1.54 bits per heavy atom. The second-order valence-electron chi connectivity index (χ2n) is 8.12. The highest BCUT2D eigenvalue weighted by molar-refractivity contribution is 5.40. The van der Waals surface area contributed by atoms with Crippen LogP contribution in [0.5, 0.6) is 11.5 Å². The number of methoxy groups -OCH3 is 1. The number of likely N-dealkylation sites (N-methyl/N-ethyl adjacent to an activating group) is 2. The number of benzene rings is 1. The molecule has 0 amide bonds. The standard InChI is InChI=1S/C21H36N4O3/c1-22-6-10-24(11-7-22)15-18-4-5-20(27-3)14-21(18)28-17-19(26)16-25-12-8-23(2)9-13-25/h4-5,14,19,26H,6-13,15-17H2,1-3H3. The second-order valence-corrected chi connectivity index (χ2v) is 8.12. The number of hydrogen-bond acceptors (Lipinski definition) is 7. The fraction of sp³-hybridized carbons (Fsp3) is 0.714. The SMILES string of the molecule is COc1ccc(CN2CCN(C)CC2)c(OCC(O)CN2CCN(C)CC2)c1. The van der Waals surface area contributed by atoms with Crippen LogP contribution in [0.25, 0.3) is 0 Å². The van der Waals surface area contributed by atoms with Crippen molar-refractivity contribution in [3.05, 3.63) is 23.8 Å². The molecule has 0 aliphatic carbocycles. The van der Waals surface area contributed by atoms with Gasteiger partial charge in [0.25, 0.3) is 0 Å². The van der Waals surface area contributed by atoms with Crippen LogP contribution in [0.1, 0.15) is 5.56 Å². The highest BCUT2D eigenvalue weighted by atomic mass is 16.5. The predicted molar refractivity (Wildman–Crippen MR) is 111 cm³/mol. The number of piperazine rings is 2. The summed E-state index contributed by atoms with van der Waals surface area (Å²) >= 11 is 0. The lowest BCUT2D eigenvalue weighted by Gasteiger charge is -2.33. The number of hydrogen-bond donors (Lipinski definition) is 1. The van der Waals surface area contributed by atoms with Gasteiger partial charge in [-0.25, -0.2) is 0 Å². The summed E-state index contributed by atoms with van der Waals surface area (Å²) in [5, 5.41) is 10.5. The zero-order chi connectivity index (χ0) is 19.9. The Kier molecular flexibility index (Phi) is 7.93. The van der Waals surface area contributed by atoms with E-state index in [1.807, 2.05) is 12.1 Å². The molecule has 2 aliphatic rings. The van der Waals surface area contributed by atoms with Crippen molar-refractivity contribution in [2.45, 2.75) is 12.6 Å². The molecule has 28 heavy (non-hydrogen) atoms. The largest absolute Gasteiger partial charge is 0.497 e. The van der Waals surface area contributed by atoms with Gasteiger partial charge in [-0.1, -0.05) is 6.07 Å². The molecule has 1 atom stereocenters. The quantitative estimate of drug-likeness (QED) is 0.689. The van der Waals surface area contributed by atoms with Crippen molar-refractivity contribution >= 4 is 0 Å². The van der Waals surface area contributed by atoms with Gasteiger partial charge in [-0.15, -0.1) is 0 Å². The molecular formula is C21H36N4O3. The molecule has 2 saturated heterocycles. The molecule has 0 saturated carbocycles. The van der Waals surface area contributed by atoms with E-state index >= 15 is 0 Å². The lowest BCUT2D eigenvalue weighted by atomic mass is 10.1.